The van der Waals surface area contributed by atoms with E-state index >= 15 is 0 Å². The van der Waals surface area contributed by atoms with Crippen molar-refractivity contribution in [3.05, 3.63) is 59.7 Å². The van der Waals surface area contributed by atoms with Gasteiger partial charge in [0.05, 0.1) is 11.7 Å². The lowest BCUT2D eigenvalue weighted by Crippen LogP contribution is -2.39. The summed E-state index contributed by atoms with van der Waals surface area (Å²) in [5, 5.41) is 3.25. The van der Waals surface area contributed by atoms with Crippen LogP contribution in [0, 0.1) is 6.92 Å². The average Bonchev–Trinajstić information content (AvgIpc) is 3.11. The number of anilines is 2. The van der Waals surface area contributed by atoms with Gasteiger partial charge in [0.15, 0.2) is 0 Å². The van der Waals surface area contributed by atoms with E-state index in [0.717, 1.165) is 51.7 Å². The Morgan fingerprint density at radius 3 is 2.46 bits per heavy atom. The standard InChI is InChI=1S/C27H34F3N3O2/c1-20-8-9-22(18-25(20)27(28,29)30)31-21-10-12-24(13-11-21)35-19-26(34)33-15-5-14-32(16-17-33)23-6-3-2-4-7-23/h2-4,6-9,18,21,24,31H,5,10-17,19H2,1H3. The van der Waals surface area contributed by atoms with Crippen LogP contribution in [0.3, 0.4) is 0 Å². The molecule has 2 fully saturated rings. The van der Waals surface area contributed by atoms with Crippen LogP contribution in [-0.4, -0.2) is 55.7 Å². The van der Waals surface area contributed by atoms with Gasteiger partial charge in [0.25, 0.3) is 0 Å². The second-order valence-electron chi connectivity index (χ2n) is 9.51. The van der Waals surface area contributed by atoms with E-state index in [1.54, 1.807) is 6.07 Å². The first-order chi connectivity index (χ1) is 16.8. The van der Waals surface area contributed by atoms with Gasteiger partial charge in [-0.1, -0.05) is 24.3 Å². The Balaban J connectivity index is 1.19. The van der Waals surface area contributed by atoms with E-state index in [-0.39, 0.29) is 30.2 Å². The molecule has 5 nitrogen and oxygen atoms in total. The van der Waals surface area contributed by atoms with E-state index in [4.69, 9.17) is 4.74 Å². The molecule has 1 N–H and O–H groups in total. The van der Waals surface area contributed by atoms with Crippen LogP contribution < -0.4 is 10.2 Å². The van der Waals surface area contributed by atoms with Gasteiger partial charge in [-0.05, 0) is 68.9 Å². The second-order valence-corrected chi connectivity index (χ2v) is 9.51. The number of carbonyl (C=O) groups is 1. The Labute approximate surface area is 205 Å². The summed E-state index contributed by atoms with van der Waals surface area (Å²) >= 11 is 0. The normalized spacial score (nSPS) is 21.5. The maximum Gasteiger partial charge on any atom is 0.416 e. The summed E-state index contributed by atoms with van der Waals surface area (Å²) in [6.45, 7) is 4.71. The topological polar surface area (TPSA) is 44.8 Å². The molecule has 2 aliphatic rings. The number of alkyl halides is 3. The predicted octanol–water partition coefficient (Wildman–Crippen LogP) is 5.49. The molecule has 2 aromatic carbocycles. The zero-order chi connectivity index (χ0) is 24.8. The minimum absolute atomic E-state index is 0.00792. The molecule has 190 valence electrons. The lowest BCUT2D eigenvalue weighted by Gasteiger charge is -2.30. The Kier molecular flexibility index (Phi) is 8.21. The molecule has 1 saturated carbocycles. The molecule has 1 aliphatic heterocycles. The molecule has 1 saturated heterocycles. The first kappa shape index (κ1) is 25.4. The SMILES string of the molecule is Cc1ccc(NC2CCC(OCC(=O)N3CCCN(c4ccccc4)CC3)CC2)cc1C(F)(F)F. The molecule has 0 atom stereocenters. The largest absolute Gasteiger partial charge is 0.416 e. The monoisotopic (exact) mass is 489 g/mol. The van der Waals surface area contributed by atoms with Crippen molar-refractivity contribution in [2.45, 2.75) is 57.3 Å². The van der Waals surface area contributed by atoms with E-state index in [1.165, 1.54) is 24.7 Å². The first-order valence-corrected chi connectivity index (χ1v) is 12.4. The Hall–Kier alpha value is -2.74. The Morgan fingerprint density at radius 1 is 1.00 bits per heavy atom. The summed E-state index contributed by atoms with van der Waals surface area (Å²) in [5.41, 5.74) is 1.30. The summed E-state index contributed by atoms with van der Waals surface area (Å²) in [6.07, 6.45) is -0.267. The van der Waals surface area contributed by atoms with Gasteiger partial charge < -0.3 is 19.9 Å². The maximum atomic E-state index is 13.2. The van der Waals surface area contributed by atoms with Crippen LogP contribution in [0.15, 0.2) is 48.5 Å². The van der Waals surface area contributed by atoms with Crippen molar-refractivity contribution in [1.29, 1.82) is 0 Å². The highest BCUT2D eigenvalue weighted by Crippen LogP contribution is 2.34. The van der Waals surface area contributed by atoms with E-state index in [2.05, 4.69) is 22.3 Å². The molecule has 8 heteroatoms. The molecule has 35 heavy (non-hydrogen) atoms. The molecule has 0 spiro atoms. The van der Waals surface area contributed by atoms with Crippen LogP contribution in [0.2, 0.25) is 0 Å². The maximum absolute atomic E-state index is 13.2. The molecule has 0 bridgehead atoms. The number of halogens is 3. The number of hydrogen-bond acceptors (Lipinski definition) is 4. The lowest BCUT2D eigenvalue weighted by atomic mass is 9.92. The quantitative estimate of drug-likeness (QED) is 0.583. The van der Waals surface area contributed by atoms with Gasteiger partial charge in [-0.2, -0.15) is 13.2 Å². The molecule has 0 aromatic heterocycles. The summed E-state index contributed by atoms with van der Waals surface area (Å²) in [5.74, 6) is 0.0273. The number of nitrogens with zero attached hydrogens (tertiary/aromatic N) is 2. The fourth-order valence-corrected chi connectivity index (χ4v) is 4.97. The van der Waals surface area contributed by atoms with Gasteiger partial charge >= 0.3 is 6.18 Å². The van der Waals surface area contributed by atoms with Gasteiger partial charge in [-0.15, -0.1) is 0 Å². The highest BCUT2D eigenvalue weighted by atomic mass is 19.4. The number of amides is 1. The fraction of sp³-hybridized carbons (Fsp3) is 0.519. The number of carbonyl (C=O) groups excluding carboxylic acids is 1. The minimum atomic E-state index is -4.35. The lowest BCUT2D eigenvalue weighted by molar-refractivity contribution is -0.139. The van der Waals surface area contributed by atoms with Crippen LogP contribution in [0.5, 0.6) is 0 Å². The smallest absolute Gasteiger partial charge is 0.382 e. The minimum Gasteiger partial charge on any atom is -0.382 e. The number of aryl methyl sites for hydroxylation is 1. The molecule has 0 unspecified atom stereocenters. The van der Waals surface area contributed by atoms with Gasteiger partial charge in [0, 0.05) is 43.6 Å². The van der Waals surface area contributed by atoms with Crippen molar-refractivity contribution in [3.8, 4) is 0 Å². The molecule has 1 heterocycles. The average molecular weight is 490 g/mol. The van der Waals surface area contributed by atoms with E-state index in [0.29, 0.717) is 12.2 Å². The van der Waals surface area contributed by atoms with Gasteiger partial charge in [0.2, 0.25) is 5.91 Å². The van der Waals surface area contributed by atoms with E-state index in [1.807, 2.05) is 23.1 Å². The van der Waals surface area contributed by atoms with Crippen LogP contribution in [0.4, 0.5) is 24.5 Å². The van der Waals surface area contributed by atoms with Crippen molar-refractivity contribution >= 4 is 17.3 Å². The van der Waals surface area contributed by atoms with Crippen LogP contribution in [0.25, 0.3) is 0 Å². The highest BCUT2D eigenvalue weighted by molar-refractivity contribution is 5.77. The number of nitrogens with one attached hydrogen (secondary N) is 1. The number of para-hydroxylation sites is 1. The number of rotatable bonds is 6. The van der Waals surface area contributed by atoms with Crippen molar-refractivity contribution < 1.29 is 22.7 Å². The van der Waals surface area contributed by atoms with Crippen molar-refractivity contribution in [2.75, 3.05) is 43.0 Å². The molecular weight excluding hydrogens is 455 g/mol. The van der Waals surface area contributed by atoms with E-state index in [9.17, 15) is 18.0 Å². The number of hydrogen-bond donors (Lipinski definition) is 1. The molecule has 0 radical (unpaired) electrons. The molecule has 1 aliphatic carbocycles. The van der Waals surface area contributed by atoms with Crippen molar-refractivity contribution in [2.24, 2.45) is 0 Å². The van der Waals surface area contributed by atoms with Crippen molar-refractivity contribution in [3.63, 3.8) is 0 Å². The van der Waals surface area contributed by atoms with Gasteiger partial charge in [-0.25, -0.2) is 0 Å². The zero-order valence-electron chi connectivity index (χ0n) is 20.2. The van der Waals surface area contributed by atoms with E-state index < -0.39 is 11.7 Å². The summed E-state index contributed by atoms with van der Waals surface area (Å²) in [4.78, 5) is 17.0. The molecule has 1 amide bonds. The predicted molar refractivity (Wildman–Crippen MR) is 132 cm³/mol. The zero-order valence-corrected chi connectivity index (χ0v) is 20.2. The summed E-state index contributed by atoms with van der Waals surface area (Å²) < 4.78 is 45.5. The first-order valence-electron chi connectivity index (χ1n) is 12.4. The third kappa shape index (κ3) is 6.90. The Bertz CT molecular complexity index is 975. The summed E-state index contributed by atoms with van der Waals surface area (Å²) in [7, 11) is 0. The Morgan fingerprint density at radius 2 is 1.74 bits per heavy atom. The van der Waals surface area contributed by atoms with Crippen LogP contribution >= 0.6 is 0 Å². The highest BCUT2D eigenvalue weighted by Gasteiger charge is 2.33. The molecular formula is C27H34F3N3O2. The molecule has 4 rings (SSSR count). The van der Waals surface area contributed by atoms with Crippen molar-refractivity contribution in [1.82, 2.24) is 4.90 Å². The fourth-order valence-electron chi connectivity index (χ4n) is 4.97. The van der Waals surface area contributed by atoms with Gasteiger partial charge in [0.1, 0.15) is 6.61 Å². The number of benzene rings is 2. The molecule has 2 aromatic rings. The van der Waals surface area contributed by atoms with Gasteiger partial charge in [-0.3, -0.25) is 4.79 Å². The second kappa shape index (κ2) is 11.3. The number of ether oxygens (including phenoxy) is 1. The van der Waals surface area contributed by atoms with Crippen LogP contribution in [0.1, 0.15) is 43.2 Å². The van der Waals surface area contributed by atoms with Crippen LogP contribution in [-0.2, 0) is 15.7 Å². The third-order valence-electron chi connectivity index (χ3n) is 7.00. The third-order valence-corrected chi connectivity index (χ3v) is 7.00. The summed E-state index contributed by atoms with van der Waals surface area (Å²) in [6, 6.07) is 14.8.